The topological polar surface area (TPSA) is 139 Å². The van der Waals surface area contributed by atoms with E-state index < -0.39 is 31.6 Å². The lowest BCUT2D eigenvalue weighted by Gasteiger charge is -2.09. The molecule has 0 aliphatic carbocycles. The van der Waals surface area contributed by atoms with Gasteiger partial charge < -0.3 is 18.9 Å². The number of benzene rings is 4. The van der Waals surface area contributed by atoms with Gasteiger partial charge in [-0.3, -0.25) is 9.59 Å². The van der Waals surface area contributed by atoms with Crippen LogP contribution in [0.4, 0.5) is 0 Å². The van der Waals surface area contributed by atoms with Crippen LogP contribution in [0, 0.1) is 0 Å². The SMILES string of the molecule is CCCCOc1ccc(S(=O)(=O)c2ccc(OC(=O)CCC(=O)Oc3ccc(S(=O)(=O)c4ccc(OCCCC)cc4)cc3)cc2)cc1. The van der Waals surface area contributed by atoms with Crippen LogP contribution in [0.2, 0.25) is 0 Å². The molecule has 4 aromatic rings. The summed E-state index contributed by atoms with van der Waals surface area (Å²) in [6.45, 7) is 5.21. The summed E-state index contributed by atoms with van der Waals surface area (Å²) in [5.41, 5.74) is 0. The van der Waals surface area contributed by atoms with Crippen LogP contribution in [-0.2, 0) is 29.3 Å². The summed E-state index contributed by atoms with van der Waals surface area (Å²) in [6.07, 6.45) is 3.19. The van der Waals surface area contributed by atoms with Gasteiger partial charge in [-0.25, -0.2) is 16.8 Å². The molecule has 0 radical (unpaired) electrons. The molecule has 0 unspecified atom stereocenters. The maximum atomic E-state index is 13.0. The zero-order valence-electron chi connectivity index (χ0n) is 26.8. The molecular weight excluding hydrogens is 657 g/mol. The molecule has 0 aliphatic rings. The number of rotatable bonds is 17. The van der Waals surface area contributed by atoms with Gasteiger partial charge in [0.15, 0.2) is 0 Å². The van der Waals surface area contributed by atoms with Gasteiger partial charge in [0.25, 0.3) is 0 Å². The van der Waals surface area contributed by atoms with E-state index in [1.54, 1.807) is 24.3 Å². The lowest BCUT2D eigenvalue weighted by Crippen LogP contribution is -2.14. The number of ether oxygens (including phenoxy) is 4. The summed E-state index contributed by atoms with van der Waals surface area (Å²) in [7, 11) is -7.61. The zero-order valence-corrected chi connectivity index (χ0v) is 28.4. The summed E-state index contributed by atoms with van der Waals surface area (Å²) < 4.78 is 73.7. The first-order chi connectivity index (χ1) is 23.0. The van der Waals surface area contributed by atoms with Crippen molar-refractivity contribution in [2.75, 3.05) is 13.2 Å². The van der Waals surface area contributed by atoms with E-state index in [4.69, 9.17) is 18.9 Å². The molecular formula is C36H38O10S2. The van der Waals surface area contributed by atoms with Crippen molar-refractivity contribution in [3.63, 3.8) is 0 Å². The van der Waals surface area contributed by atoms with Crippen LogP contribution in [0.5, 0.6) is 23.0 Å². The van der Waals surface area contributed by atoms with Gasteiger partial charge >= 0.3 is 11.9 Å². The number of hydrogen-bond donors (Lipinski definition) is 0. The van der Waals surface area contributed by atoms with Crippen molar-refractivity contribution in [3.8, 4) is 23.0 Å². The van der Waals surface area contributed by atoms with Gasteiger partial charge in [-0.15, -0.1) is 0 Å². The Hall–Kier alpha value is -4.68. The second kappa shape index (κ2) is 16.9. The van der Waals surface area contributed by atoms with Gasteiger partial charge in [0.2, 0.25) is 19.7 Å². The van der Waals surface area contributed by atoms with E-state index in [1.807, 2.05) is 0 Å². The molecule has 0 N–H and O–H groups in total. The smallest absolute Gasteiger partial charge is 0.311 e. The molecule has 0 heterocycles. The Kier molecular flexibility index (Phi) is 12.8. The summed E-state index contributed by atoms with van der Waals surface area (Å²) in [6, 6.07) is 23.1. The molecule has 0 aliphatic heterocycles. The lowest BCUT2D eigenvalue weighted by molar-refractivity contribution is -0.140. The Labute approximate surface area is 281 Å². The van der Waals surface area contributed by atoms with Gasteiger partial charge in [0, 0.05) is 0 Å². The highest BCUT2D eigenvalue weighted by atomic mass is 32.2. The van der Waals surface area contributed by atoms with Crippen LogP contribution >= 0.6 is 0 Å². The second-order valence-electron chi connectivity index (χ2n) is 10.7. The van der Waals surface area contributed by atoms with Crippen LogP contribution in [0.1, 0.15) is 52.4 Å². The zero-order chi connectivity index (χ0) is 34.6. The van der Waals surface area contributed by atoms with Crippen molar-refractivity contribution in [1.82, 2.24) is 0 Å². The van der Waals surface area contributed by atoms with E-state index in [0.29, 0.717) is 24.7 Å². The summed E-state index contributed by atoms with van der Waals surface area (Å²) in [4.78, 5) is 24.9. The fraction of sp³-hybridized carbons (Fsp3) is 0.278. The monoisotopic (exact) mass is 694 g/mol. The van der Waals surface area contributed by atoms with E-state index >= 15 is 0 Å². The van der Waals surface area contributed by atoms with Crippen molar-refractivity contribution in [1.29, 1.82) is 0 Å². The molecule has 0 spiro atoms. The maximum absolute atomic E-state index is 13.0. The van der Waals surface area contributed by atoms with E-state index in [2.05, 4.69) is 13.8 Å². The summed E-state index contributed by atoms with van der Waals surface area (Å²) >= 11 is 0. The number of carbonyl (C=O) groups excluding carboxylic acids is 2. The number of unbranched alkanes of at least 4 members (excludes halogenated alkanes) is 2. The van der Waals surface area contributed by atoms with Crippen molar-refractivity contribution in [3.05, 3.63) is 97.1 Å². The van der Waals surface area contributed by atoms with E-state index in [-0.39, 0.29) is 43.9 Å². The molecule has 254 valence electrons. The molecule has 48 heavy (non-hydrogen) atoms. The van der Waals surface area contributed by atoms with Gasteiger partial charge in [-0.05, 0) is 110 Å². The summed E-state index contributed by atoms with van der Waals surface area (Å²) in [5.74, 6) is -0.0363. The minimum atomic E-state index is -3.80. The minimum absolute atomic E-state index is 0.0228. The van der Waals surface area contributed by atoms with Crippen LogP contribution in [-0.4, -0.2) is 42.0 Å². The largest absolute Gasteiger partial charge is 0.494 e. The van der Waals surface area contributed by atoms with Gasteiger partial charge in [-0.1, -0.05) is 26.7 Å². The Morgan fingerprint density at radius 2 is 0.729 bits per heavy atom. The normalized spacial score (nSPS) is 11.5. The standard InChI is InChI=1S/C36H38O10S2/c1-3-5-25-43-27-7-15-31(16-8-27)47(39,40)33-19-11-29(12-20-33)45-35(37)23-24-36(38)46-30-13-21-34(22-14-30)48(41,42)32-17-9-28(10-18-32)44-26-6-4-2/h7-22H,3-6,23-26H2,1-2H3. The van der Waals surface area contributed by atoms with Crippen LogP contribution in [0.25, 0.3) is 0 Å². The highest BCUT2D eigenvalue weighted by Crippen LogP contribution is 2.27. The number of hydrogen-bond acceptors (Lipinski definition) is 10. The van der Waals surface area contributed by atoms with Crippen molar-refractivity contribution in [2.24, 2.45) is 0 Å². The first-order valence-electron chi connectivity index (χ1n) is 15.6. The highest BCUT2D eigenvalue weighted by Gasteiger charge is 2.20. The molecule has 12 heteroatoms. The summed E-state index contributed by atoms with van der Waals surface area (Å²) in [5, 5.41) is 0. The third kappa shape index (κ3) is 9.91. The minimum Gasteiger partial charge on any atom is -0.494 e. The average molecular weight is 695 g/mol. The third-order valence-corrected chi connectivity index (χ3v) is 10.6. The molecule has 0 saturated heterocycles. The quantitative estimate of drug-likeness (QED) is 0.0645. The molecule has 0 atom stereocenters. The Balaban J connectivity index is 1.25. The highest BCUT2D eigenvalue weighted by molar-refractivity contribution is 7.91. The molecule has 0 bridgehead atoms. The Morgan fingerprint density at radius 1 is 0.458 bits per heavy atom. The van der Waals surface area contributed by atoms with Crippen molar-refractivity contribution in [2.45, 2.75) is 72.0 Å². The number of carbonyl (C=O) groups is 2. The van der Waals surface area contributed by atoms with Crippen LogP contribution in [0.15, 0.2) is 117 Å². The first-order valence-corrected chi connectivity index (χ1v) is 18.6. The van der Waals surface area contributed by atoms with Crippen LogP contribution < -0.4 is 18.9 Å². The van der Waals surface area contributed by atoms with Gasteiger partial charge in [0.05, 0.1) is 45.6 Å². The predicted molar refractivity (Wildman–Crippen MR) is 178 cm³/mol. The second-order valence-corrected chi connectivity index (χ2v) is 14.6. The van der Waals surface area contributed by atoms with E-state index in [1.165, 1.54) is 72.8 Å². The molecule has 0 saturated carbocycles. The van der Waals surface area contributed by atoms with Gasteiger partial charge in [0.1, 0.15) is 23.0 Å². The van der Waals surface area contributed by atoms with E-state index in [9.17, 15) is 26.4 Å². The maximum Gasteiger partial charge on any atom is 0.311 e. The molecule has 0 amide bonds. The molecule has 4 rings (SSSR count). The van der Waals surface area contributed by atoms with Crippen molar-refractivity contribution < 1.29 is 45.4 Å². The molecule has 0 fully saturated rings. The fourth-order valence-corrected chi connectivity index (χ4v) is 6.84. The van der Waals surface area contributed by atoms with Gasteiger partial charge in [-0.2, -0.15) is 0 Å². The number of esters is 2. The Morgan fingerprint density at radius 3 is 1.00 bits per heavy atom. The van der Waals surface area contributed by atoms with Crippen molar-refractivity contribution >= 4 is 31.6 Å². The van der Waals surface area contributed by atoms with E-state index in [0.717, 1.165) is 25.7 Å². The fourth-order valence-electron chi connectivity index (χ4n) is 4.31. The average Bonchev–Trinajstić information content (AvgIpc) is 3.08. The third-order valence-electron chi connectivity index (χ3n) is 7.07. The molecule has 4 aromatic carbocycles. The van der Waals surface area contributed by atoms with Crippen LogP contribution in [0.3, 0.4) is 0 Å². The Bertz CT molecular complexity index is 1730. The lowest BCUT2D eigenvalue weighted by atomic mass is 10.3. The predicted octanol–water partition coefficient (Wildman–Crippen LogP) is 7.00. The molecule has 10 nitrogen and oxygen atoms in total. The number of sulfone groups is 2. The first kappa shape index (κ1) is 36.2. The molecule has 0 aromatic heterocycles.